The molecule has 102 valence electrons. The van der Waals surface area contributed by atoms with Gasteiger partial charge in [-0.2, -0.15) is 0 Å². The van der Waals surface area contributed by atoms with Crippen molar-refractivity contribution in [1.82, 2.24) is 14.8 Å². The summed E-state index contributed by atoms with van der Waals surface area (Å²) in [6.07, 6.45) is 3.98. The molecule has 2 aliphatic rings. The zero-order valence-electron chi connectivity index (χ0n) is 11.1. The van der Waals surface area contributed by atoms with Crippen molar-refractivity contribution in [2.45, 2.75) is 32.4 Å². The number of carbonyl (C=O) groups is 2. The first-order valence-corrected chi connectivity index (χ1v) is 6.89. The number of nitrogens with one attached hydrogen (secondary N) is 1. The molecule has 1 aromatic heterocycles. The van der Waals surface area contributed by atoms with Crippen LogP contribution in [0.5, 0.6) is 0 Å². The minimum Gasteiger partial charge on any atom is -0.348 e. The highest BCUT2D eigenvalue weighted by Crippen LogP contribution is 2.29. The number of hydrogen-bond donors (Lipinski definition) is 1. The third kappa shape index (κ3) is 2.37. The van der Waals surface area contributed by atoms with Gasteiger partial charge in [-0.3, -0.25) is 9.59 Å². The third-order valence-corrected chi connectivity index (χ3v) is 4.02. The molecular formula is C14H19N3O2. The zero-order chi connectivity index (χ0) is 13.4. The minimum atomic E-state index is 0.00829. The molecule has 1 aliphatic heterocycles. The summed E-state index contributed by atoms with van der Waals surface area (Å²) in [5.41, 5.74) is 1.16. The van der Waals surface area contributed by atoms with E-state index < -0.39 is 0 Å². The first-order valence-electron chi connectivity index (χ1n) is 6.89. The summed E-state index contributed by atoms with van der Waals surface area (Å²) < 4.78 is 2.18. The Labute approximate surface area is 112 Å². The van der Waals surface area contributed by atoms with Crippen molar-refractivity contribution in [2.24, 2.45) is 5.92 Å². The van der Waals surface area contributed by atoms with Crippen LogP contribution in [0.2, 0.25) is 0 Å². The first-order chi connectivity index (χ1) is 9.16. The molecule has 1 fully saturated rings. The van der Waals surface area contributed by atoms with Crippen LogP contribution in [0.4, 0.5) is 0 Å². The van der Waals surface area contributed by atoms with Crippen LogP contribution < -0.4 is 5.32 Å². The second-order valence-electron chi connectivity index (χ2n) is 5.38. The molecule has 1 atom stereocenters. The largest absolute Gasteiger partial charge is 0.348 e. The van der Waals surface area contributed by atoms with Crippen molar-refractivity contribution in [1.29, 1.82) is 0 Å². The Morgan fingerprint density at radius 1 is 1.37 bits per heavy atom. The Kier molecular flexibility index (Phi) is 3.05. The smallest absolute Gasteiger partial charge is 0.242 e. The highest BCUT2D eigenvalue weighted by molar-refractivity contribution is 5.87. The monoisotopic (exact) mass is 261 g/mol. The number of aromatic nitrogens is 1. The topological polar surface area (TPSA) is 54.3 Å². The molecule has 0 spiro atoms. The Bertz CT molecular complexity index is 505. The average molecular weight is 261 g/mol. The van der Waals surface area contributed by atoms with Gasteiger partial charge in [-0.15, -0.1) is 0 Å². The van der Waals surface area contributed by atoms with Crippen LogP contribution >= 0.6 is 0 Å². The maximum atomic E-state index is 12.2. The van der Waals surface area contributed by atoms with E-state index in [0.29, 0.717) is 6.54 Å². The van der Waals surface area contributed by atoms with Gasteiger partial charge in [0.25, 0.3) is 0 Å². The van der Waals surface area contributed by atoms with Gasteiger partial charge in [0, 0.05) is 30.9 Å². The number of rotatable bonds is 3. The van der Waals surface area contributed by atoms with Crippen molar-refractivity contribution in [3.63, 3.8) is 0 Å². The van der Waals surface area contributed by atoms with E-state index in [9.17, 15) is 9.59 Å². The van der Waals surface area contributed by atoms with E-state index in [1.165, 1.54) is 0 Å². The van der Waals surface area contributed by atoms with Crippen molar-refractivity contribution < 1.29 is 9.59 Å². The van der Waals surface area contributed by atoms with E-state index in [0.717, 1.165) is 25.1 Å². The Morgan fingerprint density at radius 2 is 2.16 bits per heavy atom. The lowest BCUT2D eigenvalue weighted by Crippen LogP contribution is -2.45. The van der Waals surface area contributed by atoms with Gasteiger partial charge < -0.3 is 14.8 Å². The molecule has 2 amide bonds. The summed E-state index contributed by atoms with van der Waals surface area (Å²) in [6.45, 7) is 3.70. The maximum absolute atomic E-state index is 12.2. The lowest BCUT2D eigenvalue weighted by Gasteiger charge is -2.35. The Hall–Kier alpha value is -1.78. The van der Waals surface area contributed by atoms with E-state index in [-0.39, 0.29) is 30.3 Å². The first kappa shape index (κ1) is 12.3. The summed E-state index contributed by atoms with van der Waals surface area (Å²) in [5, 5.41) is 2.74. The lowest BCUT2D eigenvalue weighted by molar-refractivity contribution is -0.135. The summed E-state index contributed by atoms with van der Waals surface area (Å²) in [5.74, 6) is 0.194. The summed E-state index contributed by atoms with van der Waals surface area (Å²) >= 11 is 0. The average Bonchev–Trinajstić information content (AvgIpc) is 3.14. The second kappa shape index (κ2) is 4.72. The molecule has 19 heavy (non-hydrogen) atoms. The quantitative estimate of drug-likeness (QED) is 0.879. The molecule has 5 heteroatoms. The highest BCUT2D eigenvalue weighted by atomic mass is 16.2. The van der Waals surface area contributed by atoms with Gasteiger partial charge >= 0.3 is 0 Å². The van der Waals surface area contributed by atoms with Crippen molar-refractivity contribution in [2.75, 3.05) is 13.1 Å². The normalized spacial score (nSPS) is 21.9. The predicted octanol–water partition coefficient (Wildman–Crippen LogP) is 0.917. The molecular weight excluding hydrogens is 242 g/mol. The molecule has 0 bridgehead atoms. The van der Waals surface area contributed by atoms with Gasteiger partial charge in [-0.05, 0) is 31.9 Å². The predicted molar refractivity (Wildman–Crippen MR) is 70.3 cm³/mol. The number of nitrogens with zero attached hydrogens (tertiary/aromatic N) is 2. The molecule has 1 aromatic rings. The van der Waals surface area contributed by atoms with Gasteiger partial charge in [0.15, 0.2) is 0 Å². The van der Waals surface area contributed by atoms with Crippen molar-refractivity contribution in [3.05, 3.63) is 24.0 Å². The van der Waals surface area contributed by atoms with Crippen molar-refractivity contribution in [3.8, 4) is 0 Å². The molecule has 5 nitrogen and oxygen atoms in total. The number of hydrogen-bond acceptors (Lipinski definition) is 2. The molecule has 0 radical (unpaired) electrons. The molecule has 2 heterocycles. The van der Waals surface area contributed by atoms with Crippen LogP contribution in [0, 0.1) is 5.92 Å². The van der Waals surface area contributed by atoms with Gasteiger partial charge in [0.2, 0.25) is 11.8 Å². The fraction of sp³-hybridized carbons (Fsp3) is 0.571. The van der Waals surface area contributed by atoms with Gasteiger partial charge in [-0.25, -0.2) is 0 Å². The fourth-order valence-electron chi connectivity index (χ4n) is 2.67. The Balaban J connectivity index is 1.59. The van der Waals surface area contributed by atoms with Crippen LogP contribution in [0.25, 0.3) is 0 Å². The van der Waals surface area contributed by atoms with Gasteiger partial charge in [-0.1, -0.05) is 0 Å². The molecule has 1 aliphatic carbocycles. The van der Waals surface area contributed by atoms with Crippen LogP contribution in [0.3, 0.4) is 0 Å². The van der Waals surface area contributed by atoms with E-state index in [4.69, 9.17) is 0 Å². The van der Waals surface area contributed by atoms with Gasteiger partial charge in [0.05, 0.1) is 12.6 Å². The minimum absolute atomic E-state index is 0.00829. The lowest BCUT2D eigenvalue weighted by atomic mass is 10.1. The molecule has 0 saturated heterocycles. The van der Waals surface area contributed by atoms with Crippen LogP contribution in [0.15, 0.2) is 18.3 Å². The van der Waals surface area contributed by atoms with E-state index in [2.05, 4.69) is 9.88 Å². The summed E-state index contributed by atoms with van der Waals surface area (Å²) in [7, 11) is 0. The summed E-state index contributed by atoms with van der Waals surface area (Å²) in [6, 6.07) is 4.13. The number of carbonyl (C=O) groups excluding carboxylic acids is 2. The zero-order valence-corrected chi connectivity index (χ0v) is 11.1. The summed E-state index contributed by atoms with van der Waals surface area (Å²) in [4.78, 5) is 25.6. The highest BCUT2D eigenvalue weighted by Gasteiger charge is 2.31. The standard InChI is InChI=1S/C14H19N3O2/c1-10-12-3-2-6-16(12)7-8-17(10)13(18)9-15-14(19)11-4-5-11/h2-3,6,10-11H,4-5,7-9H2,1H3,(H,15,19)/t10-/m1/s1. The molecule has 0 aromatic carbocycles. The second-order valence-corrected chi connectivity index (χ2v) is 5.38. The van der Waals surface area contributed by atoms with E-state index in [1.54, 1.807) is 0 Å². The fourth-order valence-corrected chi connectivity index (χ4v) is 2.67. The van der Waals surface area contributed by atoms with Crippen LogP contribution in [0.1, 0.15) is 31.5 Å². The van der Waals surface area contributed by atoms with Gasteiger partial charge in [0.1, 0.15) is 0 Å². The molecule has 3 rings (SSSR count). The third-order valence-electron chi connectivity index (χ3n) is 4.02. The van der Waals surface area contributed by atoms with Crippen LogP contribution in [-0.2, 0) is 16.1 Å². The molecule has 1 saturated carbocycles. The van der Waals surface area contributed by atoms with E-state index in [1.807, 2.05) is 30.2 Å². The maximum Gasteiger partial charge on any atom is 0.242 e. The SMILES string of the molecule is C[C@@H]1c2cccn2CCN1C(=O)CNC(=O)C1CC1. The molecule has 0 unspecified atom stereocenters. The Morgan fingerprint density at radius 3 is 2.89 bits per heavy atom. The number of amides is 2. The number of fused-ring (bicyclic) bond motifs is 1. The van der Waals surface area contributed by atoms with Crippen LogP contribution in [-0.4, -0.2) is 34.4 Å². The molecule has 1 N–H and O–H groups in total. The van der Waals surface area contributed by atoms with E-state index >= 15 is 0 Å². The van der Waals surface area contributed by atoms with Crippen molar-refractivity contribution >= 4 is 11.8 Å².